The number of carbonyl (C=O) groups is 1. The van der Waals surface area contributed by atoms with Crippen LogP contribution >= 0.6 is 11.6 Å². The SMILES string of the molecule is Cc1ccc(N2C(=O)c3ccccc3[C@H]2Nc2ccc(C)c(Cl)c2)nc1. The van der Waals surface area contributed by atoms with Crippen molar-refractivity contribution in [1.82, 2.24) is 4.98 Å². The van der Waals surface area contributed by atoms with Crippen LogP contribution in [0.4, 0.5) is 11.5 Å². The van der Waals surface area contributed by atoms with E-state index in [-0.39, 0.29) is 12.1 Å². The molecule has 1 aliphatic heterocycles. The van der Waals surface area contributed by atoms with Crippen LogP contribution in [0.1, 0.15) is 33.2 Å². The van der Waals surface area contributed by atoms with Gasteiger partial charge in [0.2, 0.25) is 0 Å². The number of benzene rings is 2. The summed E-state index contributed by atoms with van der Waals surface area (Å²) in [6.07, 6.45) is 1.43. The van der Waals surface area contributed by atoms with Gasteiger partial charge in [-0.25, -0.2) is 4.98 Å². The van der Waals surface area contributed by atoms with Gasteiger partial charge in [-0.3, -0.25) is 9.69 Å². The first-order valence-electron chi connectivity index (χ1n) is 8.42. The number of pyridine rings is 1. The van der Waals surface area contributed by atoms with E-state index < -0.39 is 0 Å². The highest BCUT2D eigenvalue weighted by Gasteiger charge is 2.38. The molecule has 0 saturated heterocycles. The Hall–Kier alpha value is -2.85. The maximum Gasteiger partial charge on any atom is 0.261 e. The summed E-state index contributed by atoms with van der Waals surface area (Å²) < 4.78 is 0. The standard InChI is InChI=1S/C21H18ClN3O/c1-13-7-10-19(23-12-13)25-20(16-5-3-4-6-17(16)21(25)26)24-15-9-8-14(2)18(22)11-15/h3-12,20,24H,1-2H3/t20-/m0/s1. The number of hydrogen-bond acceptors (Lipinski definition) is 3. The number of anilines is 2. The number of carbonyl (C=O) groups excluding carboxylic acids is 1. The van der Waals surface area contributed by atoms with Crippen LogP contribution in [0, 0.1) is 13.8 Å². The summed E-state index contributed by atoms with van der Waals surface area (Å²) >= 11 is 6.27. The van der Waals surface area contributed by atoms with Crippen LogP contribution in [0.2, 0.25) is 5.02 Å². The minimum absolute atomic E-state index is 0.0624. The summed E-state index contributed by atoms with van der Waals surface area (Å²) in [6, 6.07) is 17.3. The summed E-state index contributed by atoms with van der Waals surface area (Å²) in [5.74, 6) is 0.556. The monoisotopic (exact) mass is 363 g/mol. The van der Waals surface area contributed by atoms with Crippen LogP contribution < -0.4 is 10.2 Å². The largest absolute Gasteiger partial charge is 0.361 e. The fraction of sp³-hybridized carbons (Fsp3) is 0.143. The summed E-state index contributed by atoms with van der Waals surface area (Å²) in [5, 5.41) is 4.13. The minimum atomic E-state index is -0.340. The van der Waals surface area contributed by atoms with Gasteiger partial charge in [0, 0.05) is 28.0 Å². The summed E-state index contributed by atoms with van der Waals surface area (Å²) in [5.41, 5.74) is 4.53. The number of nitrogens with one attached hydrogen (secondary N) is 1. The van der Waals surface area contributed by atoms with Gasteiger partial charge in [-0.1, -0.05) is 41.9 Å². The second-order valence-electron chi connectivity index (χ2n) is 6.47. The van der Waals surface area contributed by atoms with E-state index in [1.807, 2.05) is 68.4 Å². The summed E-state index contributed by atoms with van der Waals surface area (Å²) in [7, 11) is 0. The Kier molecular flexibility index (Phi) is 4.13. The molecule has 26 heavy (non-hydrogen) atoms. The van der Waals surface area contributed by atoms with Gasteiger partial charge in [0.15, 0.2) is 0 Å². The zero-order valence-electron chi connectivity index (χ0n) is 14.5. The van der Waals surface area contributed by atoms with E-state index in [4.69, 9.17) is 11.6 Å². The third-order valence-corrected chi connectivity index (χ3v) is 4.99. The molecule has 4 nitrogen and oxygen atoms in total. The number of aryl methyl sites for hydroxylation is 2. The predicted octanol–water partition coefficient (Wildman–Crippen LogP) is 5.12. The molecule has 3 aromatic rings. The number of aromatic nitrogens is 1. The molecule has 2 heterocycles. The Morgan fingerprint density at radius 1 is 1.08 bits per heavy atom. The number of rotatable bonds is 3. The quantitative estimate of drug-likeness (QED) is 0.702. The first kappa shape index (κ1) is 16.6. The lowest BCUT2D eigenvalue weighted by Gasteiger charge is -2.26. The highest BCUT2D eigenvalue weighted by molar-refractivity contribution is 6.31. The summed E-state index contributed by atoms with van der Waals surface area (Å²) in [6.45, 7) is 3.93. The molecule has 1 atom stereocenters. The van der Waals surface area contributed by atoms with Crippen molar-refractivity contribution in [3.8, 4) is 0 Å². The van der Waals surface area contributed by atoms with Gasteiger partial charge >= 0.3 is 0 Å². The van der Waals surface area contributed by atoms with Gasteiger partial charge < -0.3 is 5.32 Å². The van der Waals surface area contributed by atoms with E-state index in [0.717, 1.165) is 22.4 Å². The van der Waals surface area contributed by atoms with Crippen molar-refractivity contribution in [2.75, 3.05) is 10.2 Å². The normalized spacial score (nSPS) is 15.9. The molecule has 130 valence electrons. The van der Waals surface area contributed by atoms with E-state index in [0.29, 0.717) is 16.4 Å². The van der Waals surface area contributed by atoms with Crippen molar-refractivity contribution >= 4 is 29.0 Å². The molecule has 1 aromatic heterocycles. The Morgan fingerprint density at radius 3 is 2.62 bits per heavy atom. The predicted molar refractivity (Wildman–Crippen MR) is 105 cm³/mol. The molecule has 0 bridgehead atoms. The van der Waals surface area contributed by atoms with E-state index in [9.17, 15) is 4.79 Å². The van der Waals surface area contributed by atoms with E-state index in [2.05, 4.69) is 10.3 Å². The van der Waals surface area contributed by atoms with Crippen LogP contribution in [0.15, 0.2) is 60.8 Å². The number of nitrogens with zero attached hydrogens (tertiary/aromatic N) is 2. The maximum absolute atomic E-state index is 13.0. The molecule has 0 saturated carbocycles. The first-order valence-corrected chi connectivity index (χ1v) is 8.80. The molecule has 0 radical (unpaired) electrons. The van der Waals surface area contributed by atoms with Gasteiger partial charge in [-0.2, -0.15) is 0 Å². The van der Waals surface area contributed by atoms with Crippen molar-refractivity contribution < 1.29 is 4.79 Å². The van der Waals surface area contributed by atoms with Gasteiger partial charge in [0.1, 0.15) is 12.0 Å². The van der Waals surface area contributed by atoms with Crippen LogP contribution in [0.25, 0.3) is 0 Å². The van der Waals surface area contributed by atoms with Gasteiger partial charge in [0.25, 0.3) is 5.91 Å². The van der Waals surface area contributed by atoms with Crippen LogP contribution in [0.5, 0.6) is 0 Å². The second-order valence-corrected chi connectivity index (χ2v) is 6.87. The average molecular weight is 364 g/mol. The van der Waals surface area contributed by atoms with Crippen molar-refractivity contribution in [2.45, 2.75) is 20.0 Å². The van der Waals surface area contributed by atoms with Crippen molar-refractivity contribution in [3.05, 3.63) is 88.1 Å². The zero-order chi connectivity index (χ0) is 18.3. The zero-order valence-corrected chi connectivity index (χ0v) is 15.3. The van der Waals surface area contributed by atoms with Gasteiger partial charge in [-0.05, 0) is 49.2 Å². The molecule has 1 N–H and O–H groups in total. The Bertz CT molecular complexity index is 985. The van der Waals surface area contributed by atoms with Crippen LogP contribution in [0.3, 0.4) is 0 Å². The van der Waals surface area contributed by atoms with Gasteiger partial charge in [0.05, 0.1) is 0 Å². The van der Waals surface area contributed by atoms with E-state index in [1.54, 1.807) is 11.1 Å². The molecule has 1 aliphatic rings. The van der Waals surface area contributed by atoms with Crippen molar-refractivity contribution in [2.24, 2.45) is 0 Å². The Morgan fingerprint density at radius 2 is 1.88 bits per heavy atom. The number of hydrogen-bond donors (Lipinski definition) is 1. The lowest BCUT2D eigenvalue weighted by molar-refractivity contribution is 0.0992. The molecular formula is C21H18ClN3O. The van der Waals surface area contributed by atoms with E-state index in [1.165, 1.54) is 0 Å². The highest BCUT2D eigenvalue weighted by atomic mass is 35.5. The first-order chi connectivity index (χ1) is 12.5. The molecule has 0 aliphatic carbocycles. The molecular weight excluding hydrogens is 346 g/mol. The second kappa shape index (κ2) is 6.46. The lowest BCUT2D eigenvalue weighted by Crippen LogP contribution is -2.32. The fourth-order valence-corrected chi connectivity index (χ4v) is 3.32. The fourth-order valence-electron chi connectivity index (χ4n) is 3.14. The third-order valence-electron chi connectivity index (χ3n) is 4.58. The molecule has 0 unspecified atom stereocenters. The molecule has 0 fully saturated rings. The lowest BCUT2D eigenvalue weighted by atomic mass is 10.1. The molecule has 1 amide bonds. The maximum atomic E-state index is 13.0. The topological polar surface area (TPSA) is 45.2 Å². The van der Waals surface area contributed by atoms with Crippen molar-refractivity contribution in [3.63, 3.8) is 0 Å². The van der Waals surface area contributed by atoms with Gasteiger partial charge in [-0.15, -0.1) is 0 Å². The smallest absolute Gasteiger partial charge is 0.261 e. The van der Waals surface area contributed by atoms with Crippen LogP contribution in [-0.2, 0) is 0 Å². The van der Waals surface area contributed by atoms with Crippen molar-refractivity contribution in [1.29, 1.82) is 0 Å². The highest BCUT2D eigenvalue weighted by Crippen LogP contribution is 2.37. The number of halogens is 1. The van der Waals surface area contributed by atoms with Crippen LogP contribution in [-0.4, -0.2) is 10.9 Å². The molecule has 2 aromatic carbocycles. The molecule has 0 spiro atoms. The Labute approximate surface area is 157 Å². The molecule has 5 heteroatoms. The average Bonchev–Trinajstić information content (AvgIpc) is 2.92. The number of fused-ring (bicyclic) bond motifs is 1. The third kappa shape index (κ3) is 2.82. The van der Waals surface area contributed by atoms with E-state index >= 15 is 0 Å². The molecule has 4 rings (SSSR count). The number of amides is 1. The summed E-state index contributed by atoms with van der Waals surface area (Å²) in [4.78, 5) is 19.2. The minimum Gasteiger partial charge on any atom is -0.361 e. The Balaban J connectivity index is 1.77.